The molecule has 0 aromatic carbocycles. The van der Waals surface area contributed by atoms with Gasteiger partial charge in [0.1, 0.15) is 4.88 Å². The lowest BCUT2D eigenvalue weighted by Gasteiger charge is -2.35. The summed E-state index contributed by atoms with van der Waals surface area (Å²) in [5.74, 6) is 0.148. The molecule has 0 radical (unpaired) electrons. The molecule has 7 heteroatoms. The molecule has 3 rings (SSSR count). The molecule has 4 nitrogen and oxygen atoms in total. The third-order valence-corrected chi connectivity index (χ3v) is 5.47. The maximum Gasteiger partial charge on any atom is 0.265 e. The summed E-state index contributed by atoms with van der Waals surface area (Å²) in [6, 6.07) is 1.61. The van der Waals surface area contributed by atoms with Crippen molar-refractivity contribution in [3.63, 3.8) is 0 Å². The van der Waals surface area contributed by atoms with E-state index in [-0.39, 0.29) is 30.7 Å². The van der Waals surface area contributed by atoms with E-state index in [1.807, 2.05) is 25.8 Å². The molecule has 2 aliphatic rings. The molecule has 21 heavy (non-hydrogen) atoms. The summed E-state index contributed by atoms with van der Waals surface area (Å²) in [5, 5.41) is 4.59. The van der Waals surface area contributed by atoms with Crippen molar-refractivity contribution in [3.05, 3.63) is 15.6 Å². The monoisotopic (exact) mass is 351 g/mol. The summed E-state index contributed by atoms with van der Waals surface area (Å²) in [6.07, 6.45) is 4.72. The number of aryl methyl sites for hydroxylation is 2. The van der Waals surface area contributed by atoms with Crippen molar-refractivity contribution >= 4 is 42.1 Å². The van der Waals surface area contributed by atoms with Gasteiger partial charge in [-0.2, -0.15) is 0 Å². The van der Waals surface area contributed by atoms with Gasteiger partial charge in [0.25, 0.3) is 5.91 Å². The molecular formula is C14H23Cl2N3OS. The third-order valence-electron chi connectivity index (χ3n) is 4.41. The topological polar surface area (TPSA) is 45.2 Å². The van der Waals surface area contributed by atoms with Crippen LogP contribution in [0.15, 0.2) is 0 Å². The number of nitrogens with zero attached hydrogens (tertiary/aromatic N) is 2. The summed E-state index contributed by atoms with van der Waals surface area (Å²) in [5.41, 5.74) is 0.872. The second kappa shape index (κ2) is 7.27. The number of hydrogen-bond donors (Lipinski definition) is 1. The van der Waals surface area contributed by atoms with Gasteiger partial charge in [-0.15, -0.1) is 36.2 Å². The number of hydrogen-bond acceptors (Lipinski definition) is 4. The normalized spacial score (nSPS) is 26.7. The average Bonchev–Trinajstić information content (AvgIpc) is 2.89. The van der Waals surface area contributed by atoms with E-state index < -0.39 is 0 Å². The first kappa shape index (κ1) is 18.7. The minimum absolute atomic E-state index is 0. The van der Waals surface area contributed by atoms with E-state index in [2.05, 4.69) is 10.3 Å². The summed E-state index contributed by atoms with van der Waals surface area (Å²) in [6.45, 7) is 3.88. The SMILES string of the molecule is Cc1nc(C)c(C(=O)N(C)C2CC3CCC(C2)N3)s1.Cl.Cl. The Morgan fingerprint density at radius 1 is 1.24 bits per heavy atom. The predicted octanol–water partition coefficient (Wildman–Crippen LogP) is 2.96. The third kappa shape index (κ3) is 3.70. The van der Waals surface area contributed by atoms with Gasteiger partial charge in [-0.25, -0.2) is 4.98 Å². The highest BCUT2D eigenvalue weighted by Gasteiger charge is 2.37. The van der Waals surface area contributed by atoms with Crippen LogP contribution in [-0.2, 0) is 0 Å². The van der Waals surface area contributed by atoms with Crippen LogP contribution in [0.4, 0.5) is 0 Å². The highest BCUT2D eigenvalue weighted by Crippen LogP contribution is 2.30. The van der Waals surface area contributed by atoms with Crippen LogP contribution >= 0.6 is 36.2 Å². The molecule has 0 saturated carbocycles. The van der Waals surface area contributed by atoms with Crippen molar-refractivity contribution < 1.29 is 4.79 Å². The van der Waals surface area contributed by atoms with Crippen LogP contribution in [0.2, 0.25) is 0 Å². The Morgan fingerprint density at radius 2 is 1.81 bits per heavy atom. The minimum Gasteiger partial charge on any atom is -0.338 e. The fourth-order valence-electron chi connectivity index (χ4n) is 3.40. The van der Waals surface area contributed by atoms with E-state index in [0.717, 1.165) is 28.4 Å². The van der Waals surface area contributed by atoms with E-state index in [1.165, 1.54) is 24.2 Å². The van der Waals surface area contributed by atoms with Crippen molar-refractivity contribution in [3.8, 4) is 0 Å². The number of piperidine rings is 1. The van der Waals surface area contributed by atoms with E-state index in [4.69, 9.17) is 0 Å². The van der Waals surface area contributed by atoms with Gasteiger partial charge in [0, 0.05) is 25.2 Å². The Balaban J connectivity index is 0.00000110. The first-order chi connectivity index (χ1) is 9.04. The zero-order valence-corrected chi connectivity index (χ0v) is 15.0. The Hall–Kier alpha value is -0.360. The quantitative estimate of drug-likeness (QED) is 0.890. The average molecular weight is 352 g/mol. The van der Waals surface area contributed by atoms with Gasteiger partial charge in [0.05, 0.1) is 10.7 Å². The van der Waals surface area contributed by atoms with Crippen LogP contribution in [0.3, 0.4) is 0 Å². The smallest absolute Gasteiger partial charge is 0.265 e. The molecule has 120 valence electrons. The van der Waals surface area contributed by atoms with Gasteiger partial charge in [0.15, 0.2) is 0 Å². The van der Waals surface area contributed by atoms with Gasteiger partial charge >= 0.3 is 0 Å². The fraction of sp³-hybridized carbons (Fsp3) is 0.714. The lowest BCUT2D eigenvalue weighted by molar-refractivity contribution is 0.0685. The van der Waals surface area contributed by atoms with E-state index in [9.17, 15) is 4.79 Å². The lowest BCUT2D eigenvalue weighted by atomic mass is 9.98. The molecule has 3 heterocycles. The molecule has 1 aromatic rings. The molecule has 2 saturated heterocycles. The second-order valence-electron chi connectivity index (χ2n) is 5.83. The first-order valence-corrected chi connectivity index (χ1v) is 7.83. The molecular weight excluding hydrogens is 329 g/mol. The van der Waals surface area contributed by atoms with E-state index in [1.54, 1.807) is 0 Å². The predicted molar refractivity (Wildman–Crippen MR) is 91.1 cm³/mol. The zero-order valence-electron chi connectivity index (χ0n) is 12.6. The maximum atomic E-state index is 12.6. The van der Waals surface area contributed by atoms with E-state index in [0.29, 0.717) is 18.1 Å². The first-order valence-electron chi connectivity index (χ1n) is 7.02. The largest absolute Gasteiger partial charge is 0.338 e. The van der Waals surface area contributed by atoms with E-state index >= 15 is 0 Å². The summed E-state index contributed by atoms with van der Waals surface area (Å²) in [7, 11) is 1.95. The molecule has 2 atom stereocenters. The number of nitrogens with one attached hydrogen (secondary N) is 1. The maximum absolute atomic E-state index is 12.6. The molecule has 1 aromatic heterocycles. The van der Waals surface area contributed by atoms with Gasteiger partial charge in [0.2, 0.25) is 0 Å². The zero-order chi connectivity index (χ0) is 13.6. The van der Waals surface area contributed by atoms with Crippen molar-refractivity contribution in [2.24, 2.45) is 0 Å². The van der Waals surface area contributed by atoms with Crippen LogP contribution in [0.1, 0.15) is 46.1 Å². The number of thiazole rings is 1. The number of rotatable bonds is 2. The van der Waals surface area contributed by atoms with Gasteiger partial charge in [-0.3, -0.25) is 4.79 Å². The lowest BCUT2D eigenvalue weighted by Crippen LogP contribution is -2.48. The number of halogens is 2. The van der Waals surface area contributed by atoms with Crippen molar-refractivity contribution in [2.75, 3.05) is 7.05 Å². The molecule has 1 N–H and O–H groups in total. The fourth-order valence-corrected chi connectivity index (χ4v) is 4.30. The van der Waals surface area contributed by atoms with Crippen LogP contribution in [-0.4, -0.2) is 41.0 Å². The summed E-state index contributed by atoms with van der Waals surface area (Å²) >= 11 is 1.51. The number of carbonyl (C=O) groups excluding carboxylic acids is 1. The molecule has 2 bridgehead atoms. The Kier molecular flexibility index (Phi) is 6.47. The van der Waals surface area contributed by atoms with Crippen LogP contribution in [0.5, 0.6) is 0 Å². The summed E-state index contributed by atoms with van der Waals surface area (Å²) < 4.78 is 0. The van der Waals surface area contributed by atoms with Gasteiger partial charge in [-0.05, 0) is 39.5 Å². The second-order valence-corrected chi connectivity index (χ2v) is 7.03. The van der Waals surface area contributed by atoms with Crippen LogP contribution in [0, 0.1) is 13.8 Å². The van der Waals surface area contributed by atoms with Gasteiger partial charge < -0.3 is 10.2 Å². The van der Waals surface area contributed by atoms with Crippen molar-refractivity contribution in [1.82, 2.24) is 15.2 Å². The number of aromatic nitrogens is 1. The molecule has 0 aliphatic carbocycles. The van der Waals surface area contributed by atoms with Crippen molar-refractivity contribution in [2.45, 2.75) is 57.7 Å². The Bertz CT molecular complexity index is 496. The Labute approximate surface area is 142 Å². The molecule has 2 aliphatic heterocycles. The highest BCUT2D eigenvalue weighted by atomic mass is 35.5. The molecule has 2 fully saturated rings. The van der Waals surface area contributed by atoms with Gasteiger partial charge in [-0.1, -0.05) is 0 Å². The Morgan fingerprint density at radius 3 is 2.29 bits per heavy atom. The minimum atomic E-state index is 0. The van der Waals surface area contributed by atoms with Crippen molar-refractivity contribution in [1.29, 1.82) is 0 Å². The van der Waals surface area contributed by atoms with Crippen LogP contribution < -0.4 is 5.32 Å². The van der Waals surface area contributed by atoms with Crippen LogP contribution in [0.25, 0.3) is 0 Å². The highest BCUT2D eigenvalue weighted by molar-refractivity contribution is 7.13. The number of amides is 1. The molecule has 2 unspecified atom stereocenters. The number of fused-ring (bicyclic) bond motifs is 2. The summed E-state index contributed by atoms with van der Waals surface area (Å²) in [4.78, 5) is 19.7. The molecule has 0 spiro atoms. The standard InChI is InChI=1S/C14H21N3OS.2ClH/c1-8-13(19-9(2)15-8)14(18)17(3)12-6-10-4-5-11(7-12)16-10;;/h10-12,16H,4-7H2,1-3H3;2*1H. The molecule has 1 amide bonds. The number of carbonyl (C=O) groups is 1.